The standard InChI is InChI=1S/C15H15F2IN4O3/c1-4-14(16)12(23)15(17,6-18)25-13(14)22-7-19-9-10(22)20-8(3)21-11(9)24-5-2/h1,7,12-13,23H,5-6H2,2-3H3/t12-,13+,14+,15+/m0/s1. The number of aliphatic hydroxyl groups excluding tert-OH is 1. The highest BCUT2D eigenvalue weighted by Gasteiger charge is 2.66. The van der Waals surface area contributed by atoms with Gasteiger partial charge in [0.1, 0.15) is 5.82 Å². The van der Waals surface area contributed by atoms with Gasteiger partial charge in [0, 0.05) is 0 Å². The highest BCUT2D eigenvalue weighted by atomic mass is 127. The third-order valence-corrected chi connectivity index (χ3v) is 4.95. The molecule has 7 nitrogen and oxygen atoms in total. The molecule has 1 saturated heterocycles. The summed E-state index contributed by atoms with van der Waals surface area (Å²) in [6, 6.07) is 0. The molecule has 25 heavy (non-hydrogen) atoms. The van der Waals surface area contributed by atoms with Gasteiger partial charge < -0.3 is 14.6 Å². The van der Waals surface area contributed by atoms with E-state index in [-0.39, 0.29) is 21.5 Å². The molecular weight excluding hydrogens is 449 g/mol. The molecule has 3 rings (SSSR count). The van der Waals surface area contributed by atoms with Crippen LogP contribution < -0.4 is 4.74 Å². The largest absolute Gasteiger partial charge is 0.476 e. The lowest BCUT2D eigenvalue weighted by molar-refractivity contribution is -0.167. The molecule has 2 aromatic rings. The van der Waals surface area contributed by atoms with Gasteiger partial charge in [-0.15, -0.1) is 6.42 Å². The molecule has 1 fully saturated rings. The van der Waals surface area contributed by atoms with Crippen molar-refractivity contribution in [2.45, 2.75) is 37.7 Å². The maximum absolute atomic E-state index is 15.2. The summed E-state index contributed by atoms with van der Waals surface area (Å²) < 4.78 is 41.4. The van der Waals surface area contributed by atoms with Crippen molar-refractivity contribution in [3.8, 4) is 18.2 Å². The first kappa shape index (κ1) is 18.2. The third kappa shape index (κ3) is 2.65. The first-order valence-electron chi connectivity index (χ1n) is 7.42. The summed E-state index contributed by atoms with van der Waals surface area (Å²) in [5, 5.41) is 10.1. The average Bonchev–Trinajstić information content (AvgIpc) is 3.09. The molecule has 1 aliphatic heterocycles. The highest BCUT2D eigenvalue weighted by Crippen LogP contribution is 2.49. The minimum absolute atomic E-state index is 0.170. The summed E-state index contributed by atoms with van der Waals surface area (Å²) in [5.41, 5.74) is -2.36. The Bertz CT molecular complexity index is 857. The summed E-state index contributed by atoms with van der Waals surface area (Å²) in [6.45, 7) is 3.74. The van der Waals surface area contributed by atoms with Crippen LogP contribution in [0.15, 0.2) is 6.33 Å². The van der Waals surface area contributed by atoms with E-state index in [1.165, 1.54) is 6.33 Å². The molecule has 0 radical (unpaired) electrons. The number of nitrogens with zero attached hydrogens (tertiary/aromatic N) is 4. The number of halogens is 3. The SMILES string of the molecule is C#C[C@]1(F)[C@H](n2cnc3c(OCC)nc(C)nc32)O[C@](F)(CI)[C@H]1O. The van der Waals surface area contributed by atoms with Crippen molar-refractivity contribution in [1.82, 2.24) is 19.5 Å². The van der Waals surface area contributed by atoms with Crippen molar-refractivity contribution < 1.29 is 23.4 Å². The van der Waals surface area contributed by atoms with Gasteiger partial charge in [-0.25, -0.2) is 18.7 Å². The van der Waals surface area contributed by atoms with Gasteiger partial charge >= 0.3 is 0 Å². The highest BCUT2D eigenvalue weighted by molar-refractivity contribution is 14.1. The molecule has 0 saturated carbocycles. The van der Waals surface area contributed by atoms with Gasteiger partial charge in [-0.05, 0) is 13.8 Å². The van der Waals surface area contributed by atoms with Gasteiger partial charge in [-0.3, -0.25) is 4.57 Å². The van der Waals surface area contributed by atoms with Gasteiger partial charge in [-0.2, -0.15) is 4.98 Å². The number of rotatable bonds is 4. The summed E-state index contributed by atoms with van der Waals surface area (Å²) in [7, 11) is 0. The van der Waals surface area contributed by atoms with E-state index < -0.39 is 23.9 Å². The monoisotopic (exact) mass is 464 g/mol. The fourth-order valence-electron chi connectivity index (χ4n) is 2.70. The van der Waals surface area contributed by atoms with Gasteiger partial charge in [0.15, 0.2) is 23.5 Å². The fraction of sp³-hybridized carbons (Fsp3) is 0.533. The zero-order valence-electron chi connectivity index (χ0n) is 13.4. The summed E-state index contributed by atoms with van der Waals surface area (Å²) in [4.78, 5) is 12.5. The molecule has 0 aromatic carbocycles. The Kier molecular flexibility index (Phi) is 4.59. The topological polar surface area (TPSA) is 82.3 Å². The van der Waals surface area contributed by atoms with E-state index in [1.807, 2.05) is 5.92 Å². The molecule has 0 amide bonds. The van der Waals surface area contributed by atoms with E-state index >= 15 is 4.39 Å². The molecule has 0 spiro atoms. The predicted octanol–water partition coefficient (Wildman–Crippen LogP) is 1.87. The fourth-order valence-corrected chi connectivity index (χ4v) is 3.30. The normalized spacial score (nSPS) is 32.0. The molecule has 2 aromatic heterocycles. The number of alkyl halides is 3. The van der Waals surface area contributed by atoms with Crippen LogP contribution in [0.2, 0.25) is 0 Å². The molecule has 1 aliphatic rings. The second-order valence-electron chi connectivity index (χ2n) is 5.54. The lowest BCUT2D eigenvalue weighted by Gasteiger charge is -2.23. The average molecular weight is 464 g/mol. The van der Waals surface area contributed by atoms with E-state index in [0.29, 0.717) is 12.4 Å². The Morgan fingerprint density at radius 3 is 2.84 bits per heavy atom. The lowest BCUT2D eigenvalue weighted by Crippen LogP contribution is -2.46. The minimum Gasteiger partial charge on any atom is -0.476 e. The minimum atomic E-state index is -2.79. The molecule has 3 heterocycles. The van der Waals surface area contributed by atoms with Crippen LogP contribution in [0.5, 0.6) is 5.88 Å². The molecular formula is C15H15F2IN4O3. The van der Waals surface area contributed by atoms with Crippen molar-refractivity contribution >= 4 is 33.8 Å². The number of terminal acetylenes is 1. The van der Waals surface area contributed by atoms with Crippen molar-refractivity contribution in [3.05, 3.63) is 12.2 Å². The van der Waals surface area contributed by atoms with E-state index in [9.17, 15) is 9.50 Å². The van der Waals surface area contributed by atoms with Gasteiger partial charge in [0.2, 0.25) is 11.5 Å². The van der Waals surface area contributed by atoms with Crippen molar-refractivity contribution in [2.24, 2.45) is 0 Å². The molecule has 0 unspecified atom stereocenters. The number of aromatic nitrogens is 4. The van der Waals surface area contributed by atoms with Crippen LogP contribution in [0.25, 0.3) is 11.2 Å². The van der Waals surface area contributed by atoms with Gasteiger partial charge in [0.25, 0.3) is 5.85 Å². The van der Waals surface area contributed by atoms with Crippen LogP contribution in [0, 0.1) is 19.3 Å². The first-order chi connectivity index (χ1) is 11.8. The quantitative estimate of drug-likeness (QED) is 0.423. The van der Waals surface area contributed by atoms with E-state index in [1.54, 1.807) is 36.4 Å². The number of imidazole rings is 1. The number of aliphatic hydroxyl groups is 1. The zero-order chi connectivity index (χ0) is 18.4. The second kappa shape index (κ2) is 6.30. The van der Waals surface area contributed by atoms with Crippen LogP contribution in [0.4, 0.5) is 8.78 Å². The van der Waals surface area contributed by atoms with E-state index in [2.05, 4.69) is 15.0 Å². The van der Waals surface area contributed by atoms with Crippen LogP contribution in [0.1, 0.15) is 19.0 Å². The number of hydrogen-bond donors (Lipinski definition) is 1. The predicted molar refractivity (Wildman–Crippen MR) is 92.8 cm³/mol. The third-order valence-electron chi connectivity index (χ3n) is 3.91. The van der Waals surface area contributed by atoms with Gasteiger partial charge in [0.05, 0.1) is 17.4 Å². The summed E-state index contributed by atoms with van der Waals surface area (Å²) in [5.74, 6) is -0.238. The maximum Gasteiger partial charge on any atom is 0.250 e. The summed E-state index contributed by atoms with van der Waals surface area (Å²) >= 11 is 1.66. The van der Waals surface area contributed by atoms with Crippen LogP contribution in [-0.2, 0) is 4.74 Å². The number of ether oxygens (including phenoxy) is 2. The first-order valence-corrected chi connectivity index (χ1v) is 8.94. The molecule has 0 aliphatic carbocycles. The Labute approximate surface area is 155 Å². The molecule has 4 atom stereocenters. The smallest absolute Gasteiger partial charge is 0.250 e. The molecule has 10 heteroatoms. The van der Waals surface area contributed by atoms with Crippen molar-refractivity contribution in [3.63, 3.8) is 0 Å². The summed E-state index contributed by atoms with van der Waals surface area (Å²) in [6.07, 6.45) is 2.68. The van der Waals surface area contributed by atoms with E-state index in [4.69, 9.17) is 15.9 Å². The maximum atomic E-state index is 15.2. The molecule has 134 valence electrons. The van der Waals surface area contributed by atoms with Crippen LogP contribution >= 0.6 is 22.6 Å². The van der Waals surface area contributed by atoms with Gasteiger partial charge in [-0.1, -0.05) is 28.5 Å². The molecule has 1 N–H and O–H groups in total. The van der Waals surface area contributed by atoms with E-state index in [0.717, 1.165) is 4.57 Å². The number of hydrogen-bond acceptors (Lipinski definition) is 6. The molecule has 0 bridgehead atoms. The lowest BCUT2D eigenvalue weighted by atomic mass is 9.96. The Balaban J connectivity index is 2.18. The van der Waals surface area contributed by atoms with Crippen LogP contribution in [0.3, 0.4) is 0 Å². The Morgan fingerprint density at radius 1 is 1.52 bits per heavy atom. The number of fused-ring (bicyclic) bond motifs is 1. The Hall–Kier alpha value is -1.58. The zero-order valence-corrected chi connectivity index (χ0v) is 15.6. The number of aryl methyl sites for hydroxylation is 1. The Morgan fingerprint density at radius 2 is 2.24 bits per heavy atom. The van der Waals surface area contributed by atoms with Crippen molar-refractivity contribution in [2.75, 3.05) is 11.0 Å². The van der Waals surface area contributed by atoms with Crippen molar-refractivity contribution in [1.29, 1.82) is 0 Å². The van der Waals surface area contributed by atoms with Crippen LogP contribution in [-0.4, -0.2) is 53.3 Å². The second-order valence-corrected chi connectivity index (χ2v) is 6.30.